The molecule has 1 aromatic carbocycles. The number of hydrogen-bond acceptors (Lipinski definition) is 6. The molecule has 1 aliphatic heterocycles. The zero-order valence-corrected chi connectivity index (χ0v) is 11.9. The van der Waals surface area contributed by atoms with Gasteiger partial charge >= 0.3 is 5.97 Å². The SMILES string of the molecule is C=CCOC(=O)C1=C(C)N[C@@]2(O)c3ccccc3C(=O)[C@]12O. The van der Waals surface area contributed by atoms with Gasteiger partial charge in [-0.15, -0.1) is 0 Å². The van der Waals surface area contributed by atoms with Crippen molar-refractivity contribution in [3.63, 3.8) is 0 Å². The summed E-state index contributed by atoms with van der Waals surface area (Å²) >= 11 is 0. The monoisotopic (exact) mass is 301 g/mol. The van der Waals surface area contributed by atoms with Gasteiger partial charge in [0, 0.05) is 16.8 Å². The summed E-state index contributed by atoms with van der Waals surface area (Å²) < 4.78 is 4.93. The first-order valence-electron chi connectivity index (χ1n) is 6.74. The Morgan fingerprint density at radius 2 is 2.09 bits per heavy atom. The van der Waals surface area contributed by atoms with Gasteiger partial charge in [-0.25, -0.2) is 4.79 Å². The molecule has 6 nitrogen and oxygen atoms in total. The van der Waals surface area contributed by atoms with Gasteiger partial charge in [-0.05, 0) is 6.92 Å². The van der Waals surface area contributed by atoms with E-state index < -0.39 is 23.1 Å². The van der Waals surface area contributed by atoms with Crippen LogP contribution < -0.4 is 5.32 Å². The minimum absolute atomic E-state index is 0.0642. The van der Waals surface area contributed by atoms with Crippen LogP contribution in [0, 0.1) is 0 Å². The van der Waals surface area contributed by atoms with Gasteiger partial charge in [-0.1, -0.05) is 36.9 Å². The van der Waals surface area contributed by atoms with Gasteiger partial charge in [-0.2, -0.15) is 0 Å². The van der Waals surface area contributed by atoms with Crippen molar-refractivity contribution < 1.29 is 24.5 Å². The van der Waals surface area contributed by atoms with E-state index in [0.29, 0.717) is 0 Å². The molecule has 0 amide bonds. The number of allylic oxidation sites excluding steroid dienone is 1. The summed E-state index contributed by atoms with van der Waals surface area (Å²) in [5.41, 5.74) is -4.17. The number of fused-ring (bicyclic) bond motifs is 3. The Bertz CT molecular complexity index is 738. The first kappa shape index (κ1) is 14.5. The molecular formula is C16H15NO5. The topological polar surface area (TPSA) is 95.9 Å². The minimum Gasteiger partial charge on any atom is -0.458 e. The van der Waals surface area contributed by atoms with Gasteiger partial charge in [0.05, 0.1) is 0 Å². The molecule has 0 radical (unpaired) electrons. The van der Waals surface area contributed by atoms with E-state index in [2.05, 4.69) is 11.9 Å². The molecule has 1 aliphatic carbocycles. The quantitative estimate of drug-likeness (QED) is 0.551. The van der Waals surface area contributed by atoms with E-state index in [1.807, 2.05) is 0 Å². The Morgan fingerprint density at radius 3 is 2.77 bits per heavy atom. The van der Waals surface area contributed by atoms with E-state index in [1.165, 1.54) is 25.1 Å². The maximum Gasteiger partial charge on any atom is 0.339 e. The fourth-order valence-electron chi connectivity index (χ4n) is 3.12. The molecule has 0 spiro atoms. The van der Waals surface area contributed by atoms with Crippen molar-refractivity contribution in [2.75, 3.05) is 6.61 Å². The predicted octanol–water partition coefficient (Wildman–Crippen LogP) is 0.366. The Morgan fingerprint density at radius 1 is 1.41 bits per heavy atom. The zero-order valence-electron chi connectivity index (χ0n) is 11.9. The van der Waals surface area contributed by atoms with Crippen molar-refractivity contribution in [1.82, 2.24) is 5.32 Å². The molecule has 1 aromatic rings. The van der Waals surface area contributed by atoms with E-state index >= 15 is 0 Å². The zero-order chi connectivity index (χ0) is 16.1. The van der Waals surface area contributed by atoms with Crippen LogP contribution in [0.4, 0.5) is 0 Å². The second kappa shape index (κ2) is 4.53. The van der Waals surface area contributed by atoms with Gasteiger partial charge < -0.3 is 20.3 Å². The molecule has 1 heterocycles. The molecule has 0 unspecified atom stereocenters. The number of aliphatic hydroxyl groups is 2. The van der Waals surface area contributed by atoms with Gasteiger partial charge in [0.2, 0.25) is 17.1 Å². The summed E-state index contributed by atoms with van der Waals surface area (Å²) in [5.74, 6) is -1.61. The summed E-state index contributed by atoms with van der Waals surface area (Å²) in [7, 11) is 0. The molecule has 0 bridgehead atoms. The largest absolute Gasteiger partial charge is 0.458 e. The van der Waals surface area contributed by atoms with Crippen molar-refractivity contribution in [2.45, 2.75) is 18.2 Å². The van der Waals surface area contributed by atoms with Gasteiger partial charge in [0.1, 0.15) is 12.2 Å². The molecule has 6 heteroatoms. The van der Waals surface area contributed by atoms with E-state index in [-0.39, 0.29) is 29.0 Å². The predicted molar refractivity (Wildman–Crippen MR) is 76.6 cm³/mol. The Kier molecular flexibility index (Phi) is 2.98. The third-order valence-corrected chi connectivity index (χ3v) is 4.06. The molecule has 0 saturated carbocycles. The number of ether oxygens (including phenoxy) is 1. The van der Waals surface area contributed by atoms with Crippen LogP contribution in [0.15, 0.2) is 48.2 Å². The maximum absolute atomic E-state index is 12.6. The van der Waals surface area contributed by atoms with E-state index in [9.17, 15) is 19.8 Å². The summed E-state index contributed by atoms with van der Waals surface area (Å²) in [5, 5.41) is 24.5. The molecule has 0 aromatic heterocycles. The lowest BCUT2D eigenvalue weighted by Crippen LogP contribution is -2.56. The van der Waals surface area contributed by atoms with Crippen LogP contribution in [-0.4, -0.2) is 34.2 Å². The second-order valence-corrected chi connectivity index (χ2v) is 5.31. The maximum atomic E-state index is 12.6. The summed E-state index contributed by atoms with van der Waals surface area (Å²) in [4.78, 5) is 24.8. The van der Waals surface area contributed by atoms with Crippen LogP contribution in [0.5, 0.6) is 0 Å². The minimum atomic E-state index is -2.40. The summed E-state index contributed by atoms with van der Waals surface area (Å²) in [6.07, 6.45) is 1.37. The van der Waals surface area contributed by atoms with E-state index in [0.717, 1.165) is 0 Å². The Hall–Kier alpha value is -2.44. The van der Waals surface area contributed by atoms with Crippen molar-refractivity contribution in [2.24, 2.45) is 0 Å². The number of benzene rings is 1. The van der Waals surface area contributed by atoms with Crippen molar-refractivity contribution in [1.29, 1.82) is 0 Å². The third-order valence-electron chi connectivity index (χ3n) is 4.06. The van der Waals surface area contributed by atoms with Crippen LogP contribution in [0.25, 0.3) is 0 Å². The molecule has 114 valence electrons. The third kappa shape index (κ3) is 1.51. The molecule has 3 rings (SSSR count). The average molecular weight is 301 g/mol. The normalized spacial score (nSPS) is 29.0. The molecule has 0 fully saturated rings. The molecular weight excluding hydrogens is 286 g/mol. The lowest BCUT2D eigenvalue weighted by Gasteiger charge is -2.31. The first-order valence-corrected chi connectivity index (χ1v) is 6.74. The van der Waals surface area contributed by atoms with Crippen molar-refractivity contribution in [3.05, 3.63) is 59.3 Å². The first-order chi connectivity index (χ1) is 10.4. The van der Waals surface area contributed by atoms with E-state index in [4.69, 9.17) is 4.74 Å². The number of esters is 1. The second-order valence-electron chi connectivity index (χ2n) is 5.31. The number of ketones is 1. The van der Waals surface area contributed by atoms with E-state index in [1.54, 1.807) is 12.1 Å². The number of carbonyl (C=O) groups is 2. The molecule has 3 N–H and O–H groups in total. The highest BCUT2D eigenvalue weighted by atomic mass is 16.5. The Labute approximate surface area is 126 Å². The summed E-state index contributed by atoms with van der Waals surface area (Å²) in [6, 6.07) is 6.29. The Balaban J connectivity index is 2.14. The molecule has 0 saturated heterocycles. The highest BCUT2D eigenvalue weighted by molar-refractivity contribution is 6.16. The fourth-order valence-corrected chi connectivity index (χ4v) is 3.12. The van der Waals surface area contributed by atoms with Crippen LogP contribution in [0.2, 0.25) is 0 Å². The average Bonchev–Trinajstić information content (AvgIpc) is 2.80. The van der Waals surface area contributed by atoms with Crippen LogP contribution >= 0.6 is 0 Å². The molecule has 22 heavy (non-hydrogen) atoms. The molecule has 2 atom stereocenters. The number of rotatable bonds is 3. The van der Waals surface area contributed by atoms with Gasteiger partial charge in [0.25, 0.3) is 0 Å². The highest BCUT2D eigenvalue weighted by Gasteiger charge is 2.70. The van der Waals surface area contributed by atoms with Crippen LogP contribution in [0.1, 0.15) is 22.8 Å². The van der Waals surface area contributed by atoms with Gasteiger partial charge in [-0.3, -0.25) is 4.79 Å². The number of carbonyl (C=O) groups excluding carboxylic acids is 2. The summed E-state index contributed by atoms with van der Waals surface area (Å²) in [6.45, 7) is 4.87. The van der Waals surface area contributed by atoms with Crippen LogP contribution in [-0.2, 0) is 15.3 Å². The molecule has 2 aliphatic rings. The standard InChI is InChI=1S/C16H15NO5/c1-3-8-22-14(19)12-9(2)17-16(21)11-7-5-4-6-10(11)13(18)15(12,16)20/h3-7,17,20-21H,1,8H2,2H3/t15-,16-/m1/s1. The lowest BCUT2D eigenvalue weighted by molar-refractivity contribution is -0.145. The van der Waals surface area contributed by atoms with Crippen molar-refractivity contribution in [3.8, 4) is 0 Å². The highest BCUT2D eigenvalue weighted by Crippen LogP contribution is 2.51. The number of hydrogen-bond donors (Lipinski definition) is 3. The smallest absolute Gasteiger partial charge is 0.339 e. The van der Waals surface area contributed by atoms with Gasteiger partial charge in [0.15, 0.2) is 0 Å². The van der Waals surface area contributed by atoms with Crippen molar-refractivity contribution >= 4 is 11.8 Å². The number of Topliss-reactive ketones (excluding diaryl/α,β-unsaturated/α-hetero) is 1. The number of nitrogens with one attached hydrogen (secondary N) is 1. The fraction of sp³-hybridized carbons (Fsp3) is 0.250. The van der Waals surface area contributed by atoms with Crippen LogP contribution in [0.3, 0.4) is 0 Å². The lowest BCUT2D eigenvalue weighted by atomic mass is 9.85.